The molecule has 0 aliphatic carbocycles. The van der Waals surface area contributed by atoms with E-state index < -0.39 is 17.5 Å². The summed E-state index contributed by atoms with van der Waals surface area (Å²) in [6, 6.07) is 8.04. The summed E-state index contributed by atoms with van der Waals surface area (Å²) in [6.45, 7) is 0. The van der Waals surface area contributed by atoms with Crippen LogP contribution in [0.25, 0.3) is 0 Å². The number of para-hydroxylation sites is 1. The molecule has 26 heavy (non-hydrogen) atoms. The molecule has 5 nitrogen and oxygen atoms in total. The lowest BCUT2D eigenvalue weighted by Gasteiger charge is -2.09. The van der Waals surface area contributed by atoms with Crippen LogP contribution in [-0.2, 0) is 0 Å². The second-order valence-electron chi connectivity index (χ2n) is 5.09. The van der Waals surface area contributed by atoms with E-state index in [0.717, 1.165) is 12.1 Å². The highest BCUT2D eigenvalue weighted by atomic mass is 35.5. The number of benzene rings is 2. The van der Waals surface area contributed by atoms with Gasteiger partial charge in [0.05, 0.1) is 28.1 Å². The Balaban J connectivity index is 1.72. The number of carbonyl (C=O) groups is 1. The van der Waals surface area contributed by atoms with Crippen LogP contribution in [0.3, 0.4) is 0 Å². The van der Waals surface area contributed by atoms with Crippen LogP contribution in [0.5, 0.6) is 0 Å². The number of aromatic nitrogens is 2. The molecule has 2 N–H and O–H groups in total. The number of rotatable bonds is 4. The molecule has 1 aromatic heterocycles. The minimum absolute atomic E-state index is 0.00876. The van der Waals surface area contributed by atoms with Crippen molar-refractivity contribution in [1.29, 1.82) is 0 Å². The summed E-state index contributed by atoms with van der Waals surface area (Å²) in [5.74, 6) is -2.36. The number of hydrogen-bond acceptors (Lipinski definition) is 4. The number of halogens is 4. The van der Waals surface area contributed by atoms with Crippen molar-refractivity contribution >= 4 is 46.3 Å². The van der Waals surface area contributed by atoms with Gasteiger partial charge in [-0.3, -0.25) is 4.79 Å². The predicted molar refractivity (Wildman–Crippen MR) is 96.1 cm³/mol. The van der Waals surface area contributed by atoms with Crippen molar-refractivity contribution in [2.24, 2.45) is 0 Å². The van der Waals surface area contributed by atoms with Gasteiger partial charge in [0.25, 0.3) is 5.91 Å². The Labute approximate surface area is 157 Å². The van der Waals surface area contributed by atoms with Crippen LogP contribution in [0, 0.1) is 11.6 Å². The number of hydrogen-bond donors (Lipinski definition) is 2. The highest BCUT2D eigenvalue weighted by Gasteiger charge is 2.11. The largest absolute Gasteiger partial charge is 0.337 e. The van der Waals surface area contributed by atoms with Crippen LogP contribution in [0.15, 0.2) is 48.8 Å². The molecule has 3 rings (SSSR count). The molecule has 1 heterocycles. The van der Waals surface area contributed by atoms with E-state index in [0.29, 0.717) is 21.6 Å². The summed E-state index contributed by atoms with van der Waals surface area (Å²) in [7, 11) is 0. The van der Waals surface area contributed by atoms with E-state index in [9.17, 15) is 13.6 Å². The molecule has 0 spiro atoms. The maximum absolute atomic E-state index is 13.2. The van der Waals surface area contributed by atoms with Gasteiger partial charge < -0.3 is 10.6 Å². The fraction of sp³-hybridized carbons (Fsp3) is 0. The quantitative estimate of drug-likeness (QED) is 0.648. The first kappa shape index (κ1) is 18.0. The average Bonchev–Trinajstić information content (AvgIpc) is 2.62. The molecule has 0 unspecified atom stereocenters. The zero-order valence-corrected chi connectivity index (χ0v) is 14.4. The van der Waals surface area contributed by atoms with E-state index in [2.05, 4.69) is 20.6 Å². The summed E-state index contributed by atoms with van der Waals surface area (Å²) < 4.78 is 26.1. The van der Waals surface area contributed by atoms with Gasteiger partial charge >= 0.3 is 0 Å². The van der Waals surface area contributed by atoms with E-state index in [4.69, 9.17) is 23.2 Å². The van der Waals surface area contributed by atoms with Crippen molar-refractivity contribution < 1.29 is 13.6 Å². The Kier molecular flexibility index (Phi) is 5.29. The zero-order valence-electron chi connectivity index (χ0n) is 12.9. The van der Waals surface area contributed by atoms with E-state index in [-0.39, 0.29) is 11.4 Å². The topological polar surface area (TPSA) is 66.9 Å². The van der Waals surface area contributed by atoms with Crippen molar-refractivity contribution in [2.45, 2.75) is 0 Å². The summed E-state index contributed by atoms with van der Waals surface area (Å²) >= 11 is 12.1. The molecule has 2 aromatic carbocycles. The third-order valence-corrected chi connectivity index (χ3v) is 3.91. The van der Waals surface area contributed by atoms with E-state index in [1.807, 2.05) is 0 Å². The first-order valence-corrected chi connectivity index (χ1v) is 7.99. The van der Waals surface area contributed by atoms with Crippen LogP contribution in [0.2, 0.25) is 10.0 Å². The van der Waals surface area contributed by atoms with Gasteiger partial charge in [0.2, 0.25) is 0 Å². The summed E-state index contributed by atoms with van der Waals surface area (Å²) in [5.41, 5.74) is 0.551. The number of amides is 1. The second kappa shape index (κ2) is 7.63. The summed E-state index contributed by atoms with van der Waals surface area (Å²) in [6.07, 6.45) is 2.54. The Hall–Kier alpha value is -2.77. The Bertz CT molecular complexity index is 947. The Morgan fingerprint density at radius 1 is 0.962 bits per heavy atom. The standard InChI is InChI=1S/C17H10Cl2F2N4O/c18-10-2-1-3-11(19)16(10)25-15-8-22-14(7-23-15)17(26)24-9-4-5-12(20)13(21)6-9/h1-8H,(H,23,25)(H,24,26). The molecule has 1 amide bonds. The minimum atomic E-state index is -1.06. The number of nitrogens with one attached hydrogen (secondary N) is 2. The molecule has 0 atom stereocenters. The van der Waals surface area contributed by atoms with Crippen molar-refractivity contribution in [3.05, 3.63) is 76.2 Å². The Morgan fingerprint density at radius 3 is 2.31 bits per heavy atom. The van der Waals surface area contributed by atoms with Gasteiger partial charge in [0, 0.05) is 11.8 Å². The lowest BCUT2D eigenvalue weighted by Crippen LogP contribution is -2.14. The number of carbonyl (C=O) groups excluding carboxylic acids is 1. The molecule has 0 saturated heterocycles. The van der Waals surface area contributed by atoms with Crippen molar-refractivity contribution in [1.82, 2.24) is 9.97 Å². The molecule has 0 radical (unpaired) electrons. The normalized spacial score (nSPS) is 10.5. The fourth-order valence-electron chi connectivity index (χ4n) is 2.02. The summed E-state index contributed by atoms with van der Waals surface area (Å²) in [5, 5.41) is 6.12. The highest BCUT2D eigenvalue weighted by molar-refractivity contribution is 6.39. The first-order valence-electron chi connectivity index (χ1n) is 7.23. The van der Waals surface area contributed by atoms with E-state index in [1.54, 1.807) is 18.2 Å². The van der Waals surface area contributed by atoms with Crippen molar-refractivity contribution in [3.63, 3.8) is 0 Å². The van der Waals surface area contributed by atoms with Gasteiger partial charge in [-0.05, 0) is 24.3 Å². The van der Waals surface area contributed by atoms with Crippen LogP contribution in [0.4, 0.5) is 26.0 Å². The maximum atomic E-state index is 13.2. The van der Waals surface area contributed by atoms with Crippen LogP contribution in [0.1, 0.15) is 10.5 Å². The molecule has 132 valence electrons. The van der Waals surface area contributed by atoms with Crippen LogP contribution in [-0.4, -0.2) is 15.9 Å². The second-order valence-corrected chi connectivity index (χ2v) is 5.91. The molecular formula is C17H10Cl2F2N4O. The van der Waals surface area contributed by atoms with Crippen LogP contribution < -0.4 is 10.6 Å². The van der Waals surface area contributed by atoms with E-state index in [1.165, 1.54) is 18.5 Å². The number of nitrogens with zero attached hydrogens (tertiary/aromatic N) is 2. The lowest BCUT2D eigenvalue weighted by atomic mass is 10.3. The highest BCUT2D eigenvalue weighted by Crippen LogP contribution is 2.31. The van der Waals surface area contributed by atoms with E-state index >= 15 is 0 Å². The van der Waals surface area contributed by atoms with Gasteiger partial charge in [-0.1, -0.05) is 29.3 Å². The molecule has 0 aliphatic heterocycles. The lowest BCUT2D eigenvalue weighted by molar-refractivity contribution is 0.102. The first-order chi connectivity index (χ1) is 12.4. The van der Waals surface area contributed by atoms with Gasteiger partial charge in [0.15, 0.2) is 11.6 Å². The monoisotopic (exact) mass is 394 g/mol. The van der Waals surface area contributed by atoms with Gasteiger partial charge in [-0.15, -0.1) is 0 Å². The van der Waals surface area contributed by atoms with Gasteiger partial charge in [0.1, 0.15) is 11.5 Å². The zero-order chi connectivity index (χ0) is 18.7. The fourth-order valence-corrected chi connectivity index (χ4v) is 2.52. The molecule has 0 saturated carbocycles. The summed E-state index contributed by atoms with van der Waals surface area (Å²) in [4.78, 5) is 20.1. The van der Waals surface area contributed by atoms with Crippen molar-refractivity contribution in [2.75, 3.05) is 10.6 Å². The van der Waals surface area contributed by atoms with Gasteiger partial charge in [-0.2, -0.15) is 0 Å². The molecule has 0 bridgehead atoms. The third kappa shape index (κ3) is 4.07. The third-order valence-electron chi connectivity index (χ3n) is 3.28. The number of anilines is 3. The average molecular weight is 395 g/mol. The molecule has 0 aliphatic rings. The molecule has 0 fully saturated rings. The smallest absolute Gasteiger partial charge is 0.275 e. The molecule has 9 heteroatoms. The molecular weight excluding hydrogens is 385 g/mol. The van der Waals surface area contributed by atoms with Crippen LogP contribution >= 0.6 is 23.2 Å². The Morgan fingerprint density at radius 2 is 1.69 bits per heavy atom. The molecule has 3 aromatic rings. The maximum Gasteiger partial charge on any atom is 0.275 e. The van der Waals surface area contributed by atoms with Gasteiger partial charge in [-0.25, -0.2) is 18.7 Å². The minimum Gasteiger partial charge on any atom is -0.337 e. The van der Waals surface area contributed by atoms with Crippen molar-refractivity contribution in [3.8, 4) is 0 Å². The predicted octanol–water partition coefficient (Wildman–Crippen LogP) is 5.06. The SMILES string of the molecule is O=C(Nc1ccc(F)c(F)c1)c1cnc(Nc2c(Cl)cccc2Cl)cn1.